The Kier molecular flexibility index (Phi) is 2.32. The molecule has 0 bridgehead atoms. The molecule has 0 aromatic rings. The molecule has 0 aliphatic carbocycles. The van der Waals surface area contributed by atoms with Gasteiger partial charge in [0.05, 0.1) is 12.7 Å². The largest absolute Gasteiger partial charge is 0.390 e. The number of unbranched alkanes of at least 4 members (excludes halogenated alkanes) is 1. The first-order valence-electron chi connectivity index (χ1n) is 4.01. The predicted octanol–water partition coefficient (Wildman–Crippen LogP) is 1.33. The van der Waals surface area contributed by atoms with Gasteiger partial charge in [0.2, 0.25) is 0 Å². The maximum absolute atomic E-state index is 9.45. The molecule has 2 heteroatoms. The van der Waals surface area contributed by atoms with E-state index >= 15 is 0 Å². The highest BCUT2D eigenvalue weighted by molar-refractivity contribution is 4.93. The molecule has 1 aliphatic rings. The van der Waals surface area contributed by atoms with Crippen molar-refractivity contribution in [2.45, 2.75) is 44.8 Å². The molecule has 0 aromatic carbocycles. The fraction of sp³-hybridized carbons (Fsp3) is 1.00. The molecule has 0 amide bonds. The maximum atomic E-state index is 9.45. The number of ether oxygens (including phenoxy) is 1. The van der Waals surface area contributed by atoms with Crippen LogP contribution in [0.15, 0.2) is 0 Å². The van der Waals surface area contributed by atoms with Crippen LogP contribution in [0.2, 0.25) is 0 Å². The Bertz CT molecular complexity index is 108. The van der Waals surface area contributed by atoms with Gasteiger partial charge in [-0.15, -0.1) is 0 Å². The zero-order valence-corrected chi connectivity index (χ0v) is 6.76. The highest BCUT2D eigenvalue weighted by Crippen LogP contribution is 2.32. The van der Waals surface area contributed by atoms with Gasteiger partial charge in [-0.1, -0.05) is 19.8 Å². The van der Waals surface area contributed by atoms with Crippen LogP contribution in [-0.4, -0.2) is 23.4 Å². The number of hydrogen-bond donors (Lipinski definition) is 1. The van der Waals surface area contributed by atoms with Crippen molar-refractivity contribution in [2.75, 3.05) is 6.61 Å². The van der Waals surface area contributed by atoms with Crippen LogP contribution in [0.1, 0.15) is 33.1 Å². The minimum absolute atomic E-state index is 0.185. The lowest BCUT2D eigenvalue weighted by Crippen LogP contribution is -2.25. The van der Waals surface area contributed by atoms with Crippen molar-refractivity contribution in [3.05, 3.63) is 0 Å². The number of hydrogen-bond acceptors (Lipinski definition) is 2. The Hall–Kier alpha value is -0.0800. The van der Waals surface area contributed by atoms with Gasteiger partial charge in [0.1, 0.15) is 5.60 Å². The minimum Gasteiger partial charge on any atom is -0.390 e. The summed E-state index contributed by atoms with van der Waals surface area (Å²) in [6.45, 7) is 4.83. The van der Waals surface area contributed by atoms with Gasteiger partial charge in [0.25, 0.3) is 0 Å². The smallest absolute Gasteiger partial charge is 0.115 e. The third kappa shape index (κ3) is 1.70. The molecule has 2 unspecified atom stereocenters. The Morgan fingerprint density at radius 2 is 2.30 bits per heavy atom. The molecule has 1 aliphatic heterocycles. The van der Waals surface area contributed by atoms with Crippen molar-refractivity contribution in [1.29, 1.82) is 0 Å². The highest BCUT2D eigenvalue weighted by Gasteiger charge is 2.45. The van der Waals surface area contributed by atoms with Gasteiger partial charge in [0.15, 0.2) is 0 Å². The predicted molar refractivity (Wildman–Crippen MR) is 39.9 cm³/mol. The average Bonchev–Trinajstić information content (AvgIpc) is 2.64. The molecular formula is C8H16O2. The van der Waals surface area contributed by atoms with Gasteiger partial charge in [-0.05, 0) is 13.3 Å². The Balaban J connectivity index is 2.15. The number of rotatable bonds is 4. The Morgan fingerprint density at radius 3 is 2.70 bits per heavy atom. The van der Waals surface area contributed by atoms with Crippen molar-refractivity contribution in [2.24, 2.45) is 0 Å². The van der Waals surface area contributed by atoms with Gasteiger partial charge in [-0.3, -0.25) is 0 Å². The molecule has 1 fully saturated rings. The normalized spacial score (nSPS) is 33.9. The average molecular weight is 144 g/mol. The summed E-state index contributed by atoms with van der Waals surface area (Å²) in [5.74, 6) is 0. The molecular weight excluding hydrogens is 128 g/mol. The molecule has 2 nitrogen and oxygen atoms in total. The minimum atomic E-state index is -0.243. The molecule has 10 heavy (non-hydrogen) atoms. The van der Waals surface area contributed by atoms with Crippen LogP contribution in [0.3, 0.4) is 0 Å². The summed E-state index contributed by atoms with van der Waals surface area (Å²) in [5.41, 5.74) is -0.185. The van der Waals surface area contributed by atoms with E-state index in [1.165, 1.54) is 0 Å². The van der Waals surface area contributed by atoms with Crippen LogP contribution in [0, 0.1) is 0 Å². The second kappa shape index (κ2) is 2.89. The van der Waals surface area contributed by atoms with Crippen LogP contribution in [0.25, 0.3) is 0 Å². The molecule has 2 atom stereocenters. The van der Waals surface area contributed by atoms with Gasteiger partial charge in [-0.2, -0.15) is 0 Å². The van der Waals surface area contributed by atoms with Crippen molar-refractivity contribution in [3.8, 4) is 0 Å². The molecule has 0 aromatic heterocycles. The molecule has 60 valence electrons. The summed E-state index contributed by atoms with van der Waals surface area (Å²) in [6.07, 6.45) is 2.88. The van der Waals surface area contributed by atoms with E-state index in [9.17, 15) is 5.11 Å². The molecule has 0 saturated carbocycles. The summed E-state index contributed by atoms with van der Waals surface area (Å²) in [6, 6.07) is 0. The molecule has 0 spiro atoms. The van der Waals surface area contributed by atoms with Crippen molar-refractivity contribution in [3.63, 3.8) is 0 Å². The topological polar surface area (TPSA) is 32.8 Å². The van der Waals surface area contributed by atoms with Crippen LogP contribution in [0.4, 0.5) is 0 Å². The van der Waals surface area contributed by atoms with Crippen molar-refractivity contribution >= 4 is 0 Å². The van der Waals surface area contributed by atoms with Crippen LogP contribution < -0.4 is 0 Å². The van der Waals surface area contributed by atoms with Crippen LogP contribution >= 0.6 is 0 Å². The first kappa shape index (κ1) is 8.02. The number of aliphatic hydroxyl groups excluding tert-OH is 1. The molecule has 0 radical (unpaired) electrons. The molecule has 1 rings (SSSR count). The first-order chi connectivity index (χ1) is 4.69. The highest BCUT2D eigenvalue weighted by atomic mass is 16.6. The first-order valence-corrected chi connectivity index (χ1v) is 4.01. The van der Waals surface area contributed by atoms with Crippen LogP contribution in [0.5, 0.6) is 0 Å². The number of aliphatic hydroxyl groups is 1. The lowest BCUT2D eigenvalue weighted by Gasteiger charge is -2.12. The third-order valence-electron chi connectivity index (χ3n) is 2.14. The monoisotopic (exact) mass is 144 g/mol. The summed E-state index contributed by atoms with van der Waals surface area (Å²) in [7, 11) is 0. The van der Waals surface area contributed by atoms with Gasteiger partial charge in [-0.25, -0.2) is 0 Å². The van der Waals surface area contributed by atoms with Crippen LogP contribution in [-0.2, 0) is 4.74 Å². The zero-order chi connectivity index (χ0) is 7.61. The van der Waals surface area contributed by atoms with E-state index in [0.29, 0.717) is 0 Å². The van der Waals surface area contributed by atoms with E-state index in [4.69, 9.17) is 4.74 Å². The summed E-state index contributed by atoms with van der Waals surface area (Å²) in [5, 5.41) is 9.45. The lowest BCUT2D eigenvalue weighted by atomic mass is 10.0. The SMILES string of the molecule is CCCCC(O)C1(C)CO1. The second-order valence-electron chi connectivity index (χ2n) is 3.26. The lowest BCUT2D eigenvalue weighted by molar-refractivity contribution is 0.0756. The third-order valence-corrected chi connectivity index (χ3v) is 2.14. The van der Waals surface area contributed by atoms with Crippen molar-refractivity contribution < 1.29 is 9.84 Å². The Labute approximate surface area is 62.2 Å². The van der Waals surface area contributed by atoms with E-state index in [0.717, 1.165) is 25.9 Å². The second-order valence-corrected chi connectivity index (χ2v) is 3.26. The van der Waals surface area contributed by atoms with E-state index in [2.05, 4.69) is 6.92 Å². The van der Waals surface area contributed by atoms with E-state index in [1.807, 2.05) is 6.92 Å². The van der Waals surface area contributed by atoms with E-state index < -0.39 is 0 Å². The van der Waals surface area contributed by atoms with Gasteiger partial charge >= 0.3 is 0 Å². The van der Waals surface area contributed by atoms with E-state index in [1.54, 1.807) is 0 Å². The fourth-order valence-electron chi connectivity index (χ4n) is 1.01. The van der Waals surface area contributed by atoms with Crippen molar-refractivity contribution in [1.82, 2.24) is 0 Å². The molecule has 1 heterocycles. The van der Waals surface area contributed by atoms with Gasteiger partial charge < -0.3 is 9.84 Å². The van der Waals surface area contributed by atoms with Gasteiger partial charge in [0, 0.05) is 0 Å². The summed E-state index contributed by atoms with van der Waals surface area (Å²) < 4.78 is 5.10. The standard InChI is InChI=1S/C8H16O2/c1-3-4-5-7(9)8(2)6-10-8/h7,9H,3-6H2,1-2H3. The summed E-state index contributed by atoms with van der Waals surface area (Å²) in [4.78, 5) is 0. The molecule has 1 saturated heterocycles. The zero-order valence-electron chi connectivity index (χ0n) is 6.76. The maximum Gasteiger partial charge on any atom is 0.115 e. The quantitative estimate of drug-likeness (QED) is 0.604. The van der Waals surface area contributed by atoms with E-state index in [-0.39, 0.29) is 11.7 Å². The summed E-state index contributed by atoms with van der Waals surface area (Å²) >= 11 is 0. The number of epoxide rings is 1. The Morgan fingerprint density at radius 1 is 1.70 bits per heavy atom. The fourth-order valence-corrected chi connectivity index (χ4v) is 1.01. The molecule has 1 N–H and O–H groups in total.